The first-order chi connectivity index (χ1) is 9.43. The van der Waals surface area contributed by atoms with E-state index in [4.69, 9.17) is 4.74 Å². The van der Waals surface area contributed by atoms with Gasteiger partial charge in [0.15, 0.2) is 0 Å². The summed E-state index contributed by atoms with van der Waals surface area (Å²) in [5.41, 5.74) is 0.525. The molecule has 0 bridgehead atoms. The van der Waals surface area contributed by atoms with Crippen LogP contribution in [0.2, 0.25) is 0 Å². The van der Waals surface area contributed by atoms with Crippen LogP contribution >= 0.6 is 0 Å². The van der Waals surface area contributed by atoms with E-state index in [-0.39, 0.29) is 23.8 Å². The molecule has 0 aliphatic heterocycles. The highest BCUT2D eigenvalue weighted by Gasteiger charge is 2.13. The number of aromatic hydroxyl groups is 1. The lowest BCUT2D eigenvalue weighted by Crippen LogP contribution is -2.20. The molecule has 0 aromatic heterocycles. The van der Waals surface area contributed by atoms with E-state index in [9.17, 15) is 14.7 Å². The normalized spacial score (nSPS) is 10.4. The first-order valence-corrected chi connectivity index (χ1v) is 6.38. The molecule has 0 unspecified atom stereocenters. The molecule has 110 valence electrons. The van der Waals surface area contributed by atoms with Gasteiger partial charge in [-0.3, -0.25) is 4.79 Å². The molecule has 1 rings (SSSR count). The van der Waals surface area contributed by atoms with E-state index in [2.05, 4.69) is 5.32 Å². The van der Waals surface area contributed by atoms with Crippen molar-refractivity contribution in [2.45, 2.75) is 13.3 Å². The average molecular weight is 280 g/mol. The molecule has 0 saturated carbocycles. The average Bonchev–Trinajstić information content (AvgIpc) is 2.36. The number of hydrogen-bond donors (Lipinski definition) is 2. The zero-order valence-corrected chi connectivity index (χ0v) is 12.0. The summed E-state index contributed by atoms with van der Waals surface area (Å²) >= 11 is 0. The molecule has 0 saturated heterocycles. The molecule has 6 heteroatoms. The highest BCUT2D eigenvalue weighted by Crippen LogP contribution is 2.22. The van der Waals surface area contributed by atoms with E-state index in [0.29, 0.717) is 18.7 Å². The van der Waals surface area contributed by atoms with Crippen LogP contribution in [0.1, 0.15) is 23.7 Å². The van der Waals surface area contributed by atoms with Crippen LogP contribution < -0.4 is 5.32 Å². The fraction of sp³-hybridized carbons (Fsp3) is 0.429. The van der Waals surface area contributed by atoms with Crippen molar-refractivity contribution in [2.24, 2.45) is 0 Å². The Balaban J connectivity index is 2.68. The van der Waals surface area contributed by atoms with Crippen LogP contribution in [-0.4, -0.2) is 49.1 Å². The third-order valence-electron chi connectivity index (χ3n) is 2.56. The van der Waals surface area contributed by atoms with Crippen LogP contribution in [0.5, 0.6) is 5.75 Å². The molecule has 0 heterocycles. The summed E-state index contributed by atoms with van der Waals surface area (Å²) in [6, 6.07) is 4.31. The number of benzene rings is 1. The van der Waals surface area contributed by atoms with Crippen LogP contribution in [0.15, 0.2) is 18.2 Å². The molecular weight excluding hydrogens is 260 g/mol. The maximum atomic E-state index is 11.6. The lowest BCUT2D eigenvalue weighted by molar-refractivity contribution is -0.116. The van der Waals surface area contributed by atoms with E-state index in [1.807, 2.05) is 19.0 Å². The minimum atomic E-state index is -0.588. The van der Waals surface area contributed by atoms with Gasteiger partial charge in [0.1, 0.15) is 11.3 Å². The number of nitrogens with zero attached hydrogens (tertiary/aromatic N) is 1. The zero-order valence-electron chi connectivity index (χ0n) is 12.0. The summed E-state index contributed by atoms with van der Waals surface area (Å²) in [7, 11) is 3.76. The summed E-state index contributed by atoms with van der Waals surface area (Å²) in [6.45, 7) is 2.56. The van der Waals surface area contributed by atoms with Gasteiger partial charge in [0, 0.05) is 24.7 Å². The molecule has 1 amide bonds. The maximum Gasteiger partial charge on any atom is 0.341 e. The number of rotatable bonds is 6. The van der Waals surface area contributed by atoms with Crippen LogP contribution in [0.25, 0.3) is 0 Å². The van der Waals surface area contributed by atoms with Crippen molar-refractivity contribution in [1.82, 2.24) is 4.90 Å². The highest BCUT2D eigenvalue weighted by molar-refractivity contribution is 5.95. The Kier molecular flexibility index (Phi) is 5.99. The summed E-state index contributed by atoms with van der Waals surface area (Å²) in [4.78, 5) is 25.0. The van der Waals surface area contributed by atoms with Gasteiger partial charge < -0.3 is 20.1 Å². The van der Waals surface area contributed by atoms with Crippen molar-refractivity contribution in [2.75, 3.05) is 32.6 Å². The molecule has 0 aliphatic carbocycles. The monoisotopic (exact) mass is 280 g/mol. The van der Waals surface area contributed by atoms with Crippen LogP contribution in [0.3, 0.4) is 0 Å². The summed E-state index contributed by atoms with van der Waals surface area (Å²) in [6.07, 6.45) is 0.355. The van der Waals surface area contributed by atoms with E-state index in [1.54, 1.807) is 13.0 Å². The van der Waals surface area contributed by atoms with E-state index < -0.39 is 5.97 Å². The van der Waals surface area contributed by atoms with Gasteiger partial charge in [0.2, 0.25) is 5.91 Å². The van der Waals surface area contributed by atoms with E-state index in [1.165, 1.54) is 12.1 Å². The third-order valence-corrected chi connectivity index (χ3v) is 2.56. The molecule has 0 spiro atoms. The van der Waals surface area contributed by atoms with Crippen molar-refractivity contribution >= 4 is 17.6 Å². The van der Waals surface area contributed by atoms with Gasteiger partial charge in [0.25, 0.3) is 0 Å². The number of nitrogens with one attached hydrogen (secondary N) is 1. The fourth-order valence-electron chi connectivity index (χ4n) is 1.54. The van der Waals surface area contributed by atoms with Gasteiger partial charge in [-0.2, -0.15) is 0 Å². The van der Waals surface area contributed by atoms with Gasteiger partial charge in [-0.05, 0) is 33.2 Å². The van der Waals surface area contributed by atoms with E-state index in [0.717, 1.165) is 0 Å². The number of phenols is 1. The minimum absolute atomic E-state index is 0.0816. The van der Waals surface area contributed by atoms with Crippen molar-refractivity contribution in [3.63, 3.8) is 0 Å². The summed E-state index contributed by atoms with van der Waals surface area (Å²) in [5, 5.41) is 12.4. The van der Waals surface area contributed by atoms with Gasteiger partial charge in [-0.1, -0.05) is 0 Å². The zero-order chi connectivity index (χ0) is 15.1. The predicted octanol–water partition coefficient (Wildman–Crippen LogP) is 1.46. The smallest absolute Gasteiger partial charge is 0.341 e. The fourth-order valence-corrected chi connectivity index (χ4v) is 1.54. The molecule has 6 nitrogen and oxygen atoms in total. The molecule has 0 atom stereocenters. The van der Waals surface area contributed by atoms with Crippen LogP contribution in [-0.2, 0) is 9.53 Å². The van der Waals surface area contributed by atoms with Gasteiger partial charge in [-0.25, -0.2) is 4.79 Å². The number of carbonyl (C=O) groups excluding carboxylic acids is 2. The Morgan fingerprint density at radius 3 is 2.60 bits per heavy atom. The number of anilines is 1. The molecule has 0 fully saturated rings. The standard InChI is InChI=1S/C14H20N2O4/c1-4-20-14(19)11-6-5-10(9-12(11)17)15-13(18)7-8-16(2)3/h5-6,9,17H,4,7-8H2,1-3H3,(H,15,18). The molecule has 1 aromatic carbocycles. The Labute approximate surface area is 118 Å². The molecule has 0 radical (unpaired) electrons. The number of esters is 1. The largest absolute Gasteiger partial charge is 0.507 e. The maximum absolute atomic E-state index is 11.6. The van der Waals surface area contributed by atoms with Gasteiger partial charge in [0.05, 0.1) is 6.61 Å². The number of ether oxygens (including phenoxy) is 1. The minimum Gasteiger partial charge on any atom is -0.507 e. The number of phenolic OH excluding ortho intramolecular Hbond substituents is 1. The number of carbonyl (C=O) groups is 2. The summed E-state index contributed by atoms with van der Waals surface area (Å²) < 4.78 is 4.80. The Morgan fingerprint density at radius 2 is 2.05 bits per heavy atom. The third kappa shape index (κ3) is 4.89. The second kappa shape index (κ2) is 7.49. The summed E-state index contributed by atoms with van der Waals surface area (Å²) in [5.74, 6) is -0.952. The molecule has 1 aromatic rings. The van der Waals surface area contributed by atoms with Crippen LogP contribution in [0.4, 0.5) is 5.69 Å². The van der Waals surface area contributed by atoms with Crippen LogP contribution in [0, 0.1) is 0 Å². The second-order valence-electron chi connectivity index (χ2n) is 4.55. The Morgan fingerprint density at radius 1 is 1.35 bits per heavy atom. The first kappa shape index (κ1) is 16.0. The molecule has 20 heavy (non-hydrogen) atoms. The van der Waals surface area contributed by atoms with Crippen molar-refractivity contribution < 1.29 is 19.4 Å². The first-order valence-electron chi connectivity index (χ1n) is 6.38. The lowest BCUT2D eigenvalue weighted by Gasteiger charge is -2.10. The highest BCUT2D eigenvalue weighted by atomic mass is 16.5. The molecule has 2 N–H and O–H groups in total. The number of hydrogen-bond acceptors (Lipinski definition) is 5. The van der Waals surface area contributed by atoms with Crippen molar-refractivity contribution in [1.29, 1.82) is 0 Å². The second-order valence-corrected chi connectivity index (χ2v) is 4.55. The van der Waals surface area contributed by atoms with Crippen molar-refractivity contribution in [3.8, 4) is 5.75 Å². The van der Waals surface area contributed by atoms with Gasteiger partial charge >= 0.3 is 5.97 Å². The van der Waals surface area contributed by atoms with Crippen molar-refractivity contribution in [3.05, 3.63) is 23.8 Å². The predicted molar refractivity (Wildman–Crippen MR) is 75.9 cm³/mol. The van der Waals surface area contributed by atoms with Gasteiger partial charge in [-0.15, -0.1) is 0 Å². The quantitative estimate of drug-likeness (QED) is 0.771. The molecule has 0 aliphatic rings. The topological polar surface area (TPSA) is 78.9 Å². The Bertz CT molecular complexity index is 486. The lowest BCUT2D eigenvalue weighted by atomic mass is 10.2. The Hall–Kier alpha value is -2.08. The molecular formula is C14H20N2O4. The van der Waals surface area contributed by atoms with E-state index >= 15 is 0 Å². The number of amides is 1. The SMILES string of the molecule is CCOC(=O)c1ccc(NC(=O)CCN(C)C)cc1O.